The normalized spacial score (nSPS) is 14.2. The molecule has 0 aromatic carbocycles. The molecule has 0 aliphatic rings. The Kier molecular flexibility index (Phi) is 5.31. The van der Waals surface area contributed by atoms with Crippen LogP contribution in [-0.4, -0.2) is 42.1 Å². The molecule has 0 aliphatic carbocycles. The van der Waals surface area contributed by atoms with Crippen molar-refractivity contribution in [1.82, 2.24) is 9.97 Å². The van der Waals surface area contributed by atoms with E-state index >= 15 is 0 Å². The Morgan fingerprint density at radius 1 is 1.38 bits per heavy atom. The molecule has 136 valence electrons. The number of aromatic nitrogens is 2. The van der Waals surface area contributed by atoms with Crippen molar-refractivity contribution in [3.8, 4) is 11.3 Å². The number of thiophene rings is 1. The Bertz CT molecular complexity index is 950. The van der Waals surface area contributed by atoms with Crippen LogP contribution in [0.1, 0.15) is 23.8 Å². The molecule has 3 N–H and O–H groups in total. The second kappa shape index (κ2) is 7.49. The van der Waals surface area contributed by atoms with Crippen LogP contribution < -0.4 is 5.73 Å². The quantitative estimate of drug-likeness (QED) is 0.650. The van der Waals surface area contributed by atoms with Gasteiger partial charge in [0.15, 0.2) is 0 Å². The average Bonchev–Trinajstić information content (AvgIpc) is 3.06. The number of hydrogen-bond acceptors (Lipinski definition) is 7. The lowest BCUT2D eigenvalue weighted by atomic mass is 10.0. The maximum Gasteiger partial charge on any atom is 0.132 e. The number of pyridine rings is 2. The van der Waals surface area contributed by atoms with Crippen LogP contribution in [0, 0.1) is 0 Å². The number of rotatable bonds is 6. The molecule has 3 aromatic heterocycles. The van der Waals surface area contributed by atoms with Gasteiger partial charge in [0.1, 0.15) is 10.6 Å². The molecule has 0 radical (unpaired) electrons. The Morgan fingerprint density at radius 3 is 2.92 bits per heavy atom. The van der Waals surface area contributed by atoms with Gasteiger partial charge in [0.25, 0.3) is 0 Å². The number of ether oxygens (including phenoxy) is 1. The zero-order valence-corrected chi connectivity index (χ0v) is 15.9. The predicted molar refractivity (Wildman–Crippen MR) is 107 cm³/mol. The standard InChI is InChI=1S/C19H22N4O2S/c1-19(24,6-7-25-3)16-9-12-4-5-15(23-18(12)26-16)13-8-14(10-21-2)17(20)22-11-13/h4-5,8-11,24H,6-7H2,1-3H3,(H2,20,22). The van der Waals surface area contributed by atoms with Gasteiger partial charge in [0.05, 0.1) is 11.3 Å². The van der Waals surface area contributed by atoms with Gasteiger partial charge >= 0.3 is 0 Å². The van der Waals surface area contributed by atoms with Crippen molar-refractivity contribution in [3.63, 3.8) is 0 Å². The van der Waals surface area contributed by atoms with E-state index in [2.05, 4.69) is 9.98 Å². The molecule has 3 rings (SSSR count). The fraction of sp³-hybridized carbons (Fsp3) is 0.316. The lowest BCUT2D eigenvalue weighted by Gasteiger charge is -2.20. The van der Waals surface area contributed by atoms with E-state index in [1.165, 1.54) is 11.3 Å². The van der Waals surface area contributed by atoms with Gasteiger partial charge in [0.2, 0.25) is 0 Å². The summed E-state index contributed by atoms with van der Waals surface area (Å²) in [4.78, 5) is 14.7. The maximum absolute atomic E-state index is 10.7. The number of anilines is 1. The molecule has 0 bridgehead atoms. The second-order valence-electron chi connectivity index (χ2n) is 6.30. The van der Waals surface area contributed by atoms with E-state index in [-0.39, 0.29) is 0 Å². The summed E-state index contributed by atoms with van der Waals surface area (Å²) >= 11 is 1.49. The maximum atomic E-state index is 10.7. The minimum Gasteiger partial charge on any atom is -0.385 e. The first kappa shape index (κ1) is 18.4. The molecule has 6 nitrogen and oxygen atoms in total. The zero-order chi connectivity index (χ0) is 18.7. The number of hydrogen-bond donors (Lipinski definition) is 2. The Morgan fingerprint density at radius 2 is 2.19 bits per heavy atom. The van der Waals surface area contributed by atoms with Crippen LogP contribution in [0.5, 0.6) is 0 Å². The van der Waals surface area contributed by atoms with Crippen LogP contribution in [0.25, 0.3) is 21.5 Å². The number of nitrogens with zero attached hydrogens (tertiary/aromatic N) is 3. The number of nitrogens with two attached hydrogens (primary N) is 1. The molecule has 7 heteroatoms. The summed E-state index contributed by atoms with van der Waals surface area (Å²) in [6.07, 6.45) is 3.92. The van der Waals surface area contributed by atoms with E-state index in [9.17, 15) is 5.11 Å². The highest BCUT2D eigenvalue weighted by atomic mass is 32.1. The van der Waals surface area contributed by atoms with E-state index in [0.29, 0.717) is 18.8 Å². The third-order valence-corrected chi connectivity index (χ3v) is 5.52. The number of aliphatic imine (C=N–C) groups is 1. The van der Waals surface area contributed by atoms with Crippen molar-refractivity contribution in [3.05, 3.63) is 40.9 Å². The Balaban J connectivity index is 1.98. The molecule has 0 amide bonds. The van der Waals surface area contributed by atoms with Crippen molar-refractivity contribution < 1.29 is 9.84 Å². The number of fused-ring (bicyclic) bond motifs is 1. The van der Waals surface area contributed by atoms with Crippen LogP contribution in [0.15, 0.2) is 35.5 Å². The molecule has 0 fully saturated rings. The van der Waals surface area contributed by atoms with Crippen molar-refractivity contribution in [2.75, 3.05) is 26.5 Å². The first-order chi connectivity index (χ1) is 12.4. The van der Waals surface area contributed by atoms with Crippen LogP contribution in [0.2, 0.25) is 0 Å². The Hall–Kier alpha value is -2.35. The zero-order valence-electron chi connectivity index (χ0n) is 15.1. The third-order valence-electron chi connectivity index (χ3n) is 4.22. The SMILES string of the molecule is CN=Cc1cc(-c2ccc3cc(C(C)(O)CCOC)sc3n2)cnc1N. The van der Waals surface area contributed by atoms with Crippen LogP contribution >= 0.6 is 11.3 Å². The van der Waals surface area contributed by atoms with Crippen molar-refractivity contribution >= 4 is 33.6 Å². The molecule has 0 aliphatic heterocycles. The van der Waals surface area contributed by atoms with E-state index in [0.717, 1.165) is 31.9 Å². The Labute approximate surface area is 156 Å². The van der Waals surface area contributed by atoms with Crippen molar-refractivity contribution in [2.45, 2.75) is 18.9 Å². The largest absolute Gasteiger partial charge is 0.385 e. The van der Waals surface area contributed by atoms with Gasteiger partial charge in [-0.15, -0.1) is 11.3 Å². The van der Waals surface area contributed by atoms with E-state index in [4.69, 9.17) is 15.5 Å². The first-order valence-corrected chi connectivity index (χ1v) is 9.06. The summed E-state index contributed by atoms with van der Waals surface area (Å²) in [6.45, 7) is 2.30. The van der Waals surface area contributed by atoms with E-state index in [1.807, 2.05) is 24.3 Å². The van der Waals surface area contributed by atoms with Gasteiger partial charge in [-0.05, 0) is 31.2 Å². The first-order valence-electron chi connectivity index (χ1n) is 8.25. The summed E-state index contributed by atoms with van der Waals surface area (Å²) in [5.74, 6) is 0.438. The molecule has 3 aromatic rings. The van der Waals surface area contributed by atoms with Gasteiger partial charge < -0.3 is 15.6 Å². The molecular weight excluding hydrogens is 348 g/mol. The average molecular weight is 370 g/mol. The molecular formula is C19H22N4O2S. The summed E-state index contributed by atoms with van der Waals surface area (Å²) in [7, 11) is 3.33. The van der Waals surface area contributed by atoms with Crippen LogP contribution in [0.4, 0.5) is 5.82 Å². The predicted octanol–water partition coefficient (Wildman–Crippen LogP) is 3.23. The summed E-state index contributed by atoms with van der Waals surface area (Å²) in [6, 6.07) is 7.87. The molecule has 0 saturated heterocycles. The fourth-order valence-electron chi connectivity index (χ4n) is 2.64. The lowest BCUT2D eigenvalue weighted by Crippen LogP contribution is -2.21. The molecule has 1 unspecified atom stereocenters. The summed E-state index contributed by atoms with van der Waals surface area (Å²) in [5, 5.41) is 11.7. The van der Waals surface area contributed by atoms with E-state index in [1.54, 1.807) is 33.5 Å². The van der Waals surface area contributed by atoms with Crippen molar-refractivity contribution in [2.24, 2.45) is 4.99 Å². The highest BCUT2D eigenvalue weighted by molar-refractivity contribution is 7.18. The van der Waals surface area contributed by atoms with Gasteiger partial charge in [-0.2, -0.15) is 0 Å². The lowest BCUT2D eigenvalue weighted by molar-refractivity contribution is 0.0242. The number of aliphatic hydroxyl groups is 1. The third kappa shape index (κ3) is 3.75. The van der Waals surface area contributed by atoms with Crippen LogP contribution in [0.3, 0.4) is 0 Å². The summed E-state index contributed by atoms with van der Waals surface area (Å²) in [5.41, 5.74) is 7.38. The summed E-state index contributed by atoms with van der Waals surface area (Å²) < 4.78 is 5.09. The molecule has 0 spiro atoms. The molecule has 1 atom stereocenters. The van der Waals surface area contributed by atoms with Crippen molar-refractivity contribution in [1.29, 1.82) is 0 Å². The molecule has 26 heavy (non-hydrogen) atoms. The van der Waals surface area contributed by atoms with Crippen LogP contribution in [-0.2, 0) is 10.3 Å². The number of nitrogen functional groups attached to an aromatic ring is 1. The topological polar surface area (TPSA) is 93.6 Å². The minimum atomic E-state index is -0.935. The monoisotopic (exact) mass is 370 g/mol. The van der Waals surface area contributed by atoms with Gasteiger partial charge in [-0.1, -0.05) is 0 Å². The highest BCUT2D eigenvalue weighted by Crippen LogP contribution is 2.35. The van der Waals surface area contributed by atoms with Gasteiger partial charge in [0, 0.05) is 61.0 Å². The number of methoxy groups -OCH3 is 1. The smallest absolute Gasteiger partial charge is 0.132 e. The molecule has 3 heterocycles. The van der Waals surface area contributed by atoms with Gasteiger partial charge in [-0.25, -0.2) is 9.97 Å². The fourth-order valence-corrected chi connectivity index (χ4v) is 3.75. The minimum absolute atomic E-state index is 0.438. The highest BCUT2D eigenvalue weighted by Gasteiger charge is 2.25. The van der Waals surface area contributed by atoms with Gasteiger partial charge in [-0.3, -0.25) is 4.99 Å². The second-order valence-corrected chi connectivity index (χ2v) is 7.33. The van der Waals surface area contributed by atoms with E-state index < -0.39 is 5.60 Å². The molecule has 0 saturated carbocycles.